The van der Waals surface area contributed by atoms with E-state index in [9.17, 15) is 26.7 Å². The SMILES string of the molecule is C[C@H]1CN(S(=O)(=O)C2=CC=CCC2=S)CCN1c1ncc(C(C)(O)C(F)(F)F)cn1. The molecule has 1 aliphatic carbocycles. The number of sulfonamides is 1. The zero-order chi connectivity index (χ0) is 22.3. The maximum atomic E-state index is 13.0. The maximum absolute atomic E-state index is 13.0. The van der Waals surface area contributed by atoms with Gasteiger partial charge in [0.15, 0.2) is 5.60 Å². The molecule has 1 fully saturated rings. The molecule has 0 aromatic carbocycles. The van der Waals surface area contributed by atoms with Crippen LogP contribution in [0.3, 0.4) is 0 Å². The van der Waals surface area contributed by atoms with Crippen molar-refractivity contribution >= 4 is 33.1 Å². The third kappa shape index (κ3) is 4.13. The molecule has 0 saturated carbocycles. The topological polar surface area (TPSA) is 86.6 Å². The lowest BCUT2D eigenvalue weighted by molar-refractivity contribution is -0.259. The van der Waals surface area contributed by atoms with Crippen LogP contribution < -0.4 is 4.90 Å². The smallest absolute Gasteiger partial charge is 0.376 e. The Morgan fingerprint density at radius 2 is 1.87 bits per heavy atom. The molecule has 0 radical (unpaired) electrons. The first-order chi connectivity index (χ1) is 13.9. The summed E-state index contributed by atoms with van der Waals surface area (Å²) >= 11 is 5.19. The summed E-state index contributed by atoms with van der Waals surface area (Å²) in [6.45, 7) is 2.97. The average Bonchev–Trinajstić information content (AvgIpc) is 2.67. The summed E-state index contributed by atoms with van der Waals surface area (Å²) in [6, 6.07) is -0.323. The summed E-state index contributed by atoms with van der Waals surface area (Å²) in [7, 11) is -3.74. The normalized spacial score (nSPS) is 23.3. The molecular weight excluding hydrogens is 441 g/mol. The molecule has 7 nitrogen and oxygen atoms in total. The van der Waals surface area contributed by atoms with Gasteiger partial charge >= 0.3 is 6.18 Å². The number of piperazine rings is 1. The second-order valence-electron chi connectivity index (χ2n) is 7.33. The molecule has 2 aliphatic rings. The average molecular weight is 463 g/mol. The Balaban J connectivity index is 1.75. The number of alkyl halides is 3. The molecule has 1 aliphatic heterocycles. The standard InChI is InChI=1S/C18H21F3N4O3S2/c1-12-11-24(30(27,28)15-6-4-3-5-14(15)29)7-8-25(12)16-22-9-13(10-23-16)17(2,26)18(19,20)21/h3-4,6,9-10,12,26H,5,7-8,11H2,1-2H3/t12-,17?/m0/s1. The van der Waals surface area contributed by atoms with E-state index in [4.69, 9.17) is 12.2 Å². The predicted octanol–water partition coefficient (Wildman–Crippen LogP) is 2.30. The Kier molecular flexibility index (Phi) is 6.07. The van der Waals surface area contributed by atoms with Gasteiger partial charge in [-0.25, -0.2) is 18.4 Å². The van der Waals surface area contributed by atoms with Gasteiger partial charge in [0.05, 0.1) is 4.91 Å². The monoisotopic (exact) mass is 462 g/mol. The molecular formula is C18H21F3N4O3S2. The number of allylic oxidation sites excluding steroid dienone is 4. The van der Waals surface area contributed by atoms with Crippen LogP contribution in [-0.2, 0) is 15.6 Å². The summed E-state index contributed by atoms with van der Waals surface area (Å²) in [5.74, 6) is 0.164. The van der Waals surface area contributed by atoms with Gasteiger partial charge in [0.1, 0.15) is 0 Å². The molecule has 1 aromatic heterocycles. The van der Waals surface area contributed by atoms with Gasteiger partial charge in [-0.05, 0) is 19.9 Å². The van der Waals surface area contributed by atoms with E-state index in [1.165, 1.54) is 10.4 Å². The first-order valence-electron chi connectivity index (χ1n) is 9.14. The summed E-state index contributed by atoms with van der Waals surface area (Å²) in [5, 5.41) is 9.73. The third-order valence-electron chi connectivity index (χ3n) is 5.18. The highest BCUT2D eigenvalue weighted by atomic mass is 32.2. The Morgan fingerprint density at radius 3 is 2.40 bits per heavy atom. The van der Waals surface area contributed by atoms with Crippen molar-refractivity contribution in [3.8, 4) is 0 Å². The molecule has 3 rings (SSSR count). The molecule has 1 saturated heterocycles. The lowest BCUT2D eigenvalue weighted by Gasteiger charge is -2.39. The second kappa shape index (κ2) is 7.98. The number of aliphatic hydroxyl groups is 1. The van der Waals surface area contributed by atoms with Gasteiger partial charge in [-0.1, -0.05) is 24.4 Å². The van der Waals surface area contributed by atoms with Gasteiger partial charge in [0, 0.05) is 54.9 Å². The van der Waals surface area contributed by atoms with Crippen molar-refractivity contribution in [1.29, 1.82) is 0 Å². The van der Waals surface area contributed by atoms with Crippen molar-refractivity contribution in [3.05, 3.63) is 41.1 Å². The van der Waals surface area contributed by atoms with Crippen LogP contribution in [-0.4, -0.2) is 64.5 Å². The van der Waals surface area contributed by atoms with Gasteiger partial charge in [-0.3, -0.25) is 0 Å². The zero-order valence-corrected chi connectivity index (χ0v) is 17.9. The van der Waals surface area contributed by atoms with Crippen molar-refractivity contribution < 1.29 is 26.7 Å². The molecule has 0 spiro atoms. The molecule has 1 N–H and O–H groups in total. The zero-order valence-electron chi connectivity index (χ0n) is 16.3. The molecule has 12 heteroatoms. The molecule has 30 heavy (non-hydrogen) atoms. The first-order valence-corrected chi connectivity index (χ1v) is 11.0. The number of aromatic nitrogens is 2. The van der Waals surface area contributed by atoms with Gasteiger partial charge < -0.3 is 10.0 Å². The Morgan fingerprint density at radius 1 is 1.23 bits per heavy atom. The summed E-state index contributed by atoms with van der Waals surface area (Å²) in [4.78, 5) is 10.1. The van der Waals surface area contributed by atoms with Crippen LogP contribution in [0.5, 0.6) is 0 Å². The largest absolute Gasteiger partial charge is 0.421 e. The summed E-state index contributed by atoms with van der Waals surface area (Å²) in [5.41, 5.74) is -3.54. The number of anilines is 1. The molecule has 1 unspecified atom stereocenters. The van der Waals surface area contributed by atoms with E-state index < -0.39 is 27.4 Å². The number of nitrogens with zero attached hydrogens (tertiary/aromatic N) is 4. The Hall–Kier alpha value is -1.89. The lowest BCUT2D eigenvalue weighted by Crippen LogP contribution is -2.54. The van der Waals surface area contributed by atoms with E-state index >= 15 is 0 Å². The van der Waals surface area contributed by atoms with E-state index in [1.807, 2.05) is 0 Å². The fourth-order valence-electron chi connectivity index (χ4n) is 3.22. The number of hydrogen-bond acceptors (Lipinski definition) is 7. The fourth-order valence-corrected chi connectivity index (χ4v) is 5.33. The molecule has 0 bridgehead atoms. The van der Waals surface area contributed by atoms with Crippen molar-refractivity contribution in [2.75, 3.05) is 24.5 Å². The van der Waals surface area contributed by atoms with Crippen molar-refractivity contribution in [2.45, 2.75) is 38.1 Å². The van der Waals surface area contributed by atoms with Crippen molar-refractivity contribution in [2.24, 2.45) is 0 Å². The maximum Gasteiger partial charge on any atom is 0.421 e. The highest BCUT2D eigenvalue weighted by Gasteiger charge is 2.51. The molecule has 0 amide bonds. The molecule has 2 heterocycles. The predicted molar refractivity (Wildman–Crippen MR) is 109 cm³/mol. The van der Waals surface area contributed by atoms with E-state index in [-0.39, 0.29) is 36.5 Å². The van der Waals surface area contributed by atoms with E-state index in [0.717, 1.165) is 12.4 Å². The van der Waals surface area contributed by atoms with E-state index in [2.05, 4.69) is 9.97 Å². The number of hydrogen-bond donors (Lipinski definition) is 1. The van der Waals surface area contributed by atoms with Crippen molar-refractivity contribution in [3.63, 3.8) is 0 Å². The van der Waals surface area contributed by atoms with E-state index in [0.29, 0.717) is 18.2 Å². The van der Waals surface area contributed by atoms with Gasteiger partial charge in [-0.15, -0.1) is 0 Å². The quantitative estimate of drug-likeness (QED) is 0.687. The Labute approximate surface area is 178 Å². The highest BCUT2D eigenvalue weighted by molar-refractivity contribution is 7.96. The van der Waals surface area contributed by atoms with Crippen molar-refractivity contribution in [1.82, 2.24) is 14.3 Å². The fraction of sp³-hybridized carbons (Fsp3) is 0.500. The van der Waals surface area contributed by atoms with Crippen LogP contribution in [0, 0.1) is 0 Å². The third-order valence-corrected chi connectivity index (χ3v) is 7.64. The van der Waals surface area contributed by atoms with Gasteiger partial charge in [-0.2, -0.15) is 17.5 Å². The molecule has 164 valence electrons. The Bertz CT molecular complexity index is 989. The van der Waals surface area contributed by atoms with Crippen LogP contribution in [0.15, 0.2) is 35.5 Å². The van der Waals surface area contributed by atoms with Crippen LogP contribution in [0.1, 0.15) is 25.8 Å². The minimum absolute atomic E-state index is 0.121. The lowest BCUT2D eigenvalue weighted by atomic mass is 9.99. The second-order valence-corrected chi connectivity index (χ2v) is 9.73. The van der Waals surface area contributed by atoms with Crippen LogP contribution in [0.25, 0.3) is 0 Å². The number of thiocarbonyl (C=S) groups is 1. The number of halogens is 3. The molecule has 2 atom stereocenters. The number of rotatable bonds is 4. The highest BCUT2D eigenvalue weighted by Crippen LogP contribution is 2.38. The van der Waals surface area contributed by atoms with Crippen LogP contribution >= 0.6 is 12.2 Å². The first kappa shape index (κ1) is 22.8. The van der Waals surface area contributed by atoms with Crippen LogP contribution in [0.2, 0.25) is 0 Å². The minimum atomic E-state index is -4.87. The van der Waals surface area contributed by atoms with Crippen LogP contribution in [0.4, 0.5) is 19.1 Å². The van der Waals surface area contributed by atoms with E-state index in [1.54, 1.807) is 24.0 Å². The summed E-state index contributed by atoms with van der Waals surface area (Å²) in [6.07, 6.45) is 2.35. The van der Waals surface area contributed by atoms with Gasteiger partial charge in [0.2, 0.25) is 16.0 Å². The minimum Gasteiger partial charge on any atom is -0.376 e. The molecule has 1 aromatic rings. The summed E-state index contributed by atoms with van der Waals surface area (Å²) < 4.78 is 66.2. The van der Waals surface area contributed by atoms with Gasteiger partial charge in [0.25, 0.3) is 0 Å².